The van der Waals surface area contributed by atoms with Gasteiger partial charge in [0.05, 0.1) is 11.2 Å². The highest BCUT2D eigenvalue weighted by atomic mass is 35.5. The van der Waals surface area contributed by atoms with Crippen LogP contribution in [0.25, 0.3) is 11.0 Å². The third kappa shape index (κ3) is 6.75. The first kappa shape index (κ1) is 28.1. The normalized spacial score (nSPS) is 14.3. The molecule has 3 N–H and O–H groups in total. The second-order valence-electron chi connectivity index (χ2n) is 8.59. The first-order valence-corrected chi connectivity index (χ1v) is 15.3. The lowest BCUT2D eigenvalue weighted by Gasteiger charge is -2.16. The molecule has 2 unspecified atom stereocenters. The SMILES string of the molecule is CP(=O)(C#Cc1cc(Cl)c(CN[C@@H](Cc2cccc(S(=O)O)c2)C(=O)O)c(Cl)c1)c1ccc2ccoc2c1. The minimum absolute atomic E-state index is 0.0589. The molecule has 0 amide bonds. The van der Waals surface area contributed by atoms with Crippen LogP contribution in [0.15, 0.2) is 76.2 Å². The molecule has 0 saturated heterocycles. The Balaban J connectivity index is 1.49. The number of fused-ring (bicyclic) bond motifs is 1. The summed E-state index contributed by atoms with van der Waals surface area (Å²) in [6, 6.07) is 15.6. The molecule has 0 aliphatic carbocycles. The van der Waals surface area contributed by atoms with Crippen molar-refractivity contribution in [2.75, 3.05) is 6.66 Å². The van der Waals surface area contributed by atoms with E-state index in [2.05, 4.69) is 16.9 Å². The van der Waals surface area contributed by atoms with Gasteiger partial charge in [0.15, 0.2) is 18.2 Å². The van der Waals surface area contributed by atoms with Crippen molar-refractivity contribution in [2.24, 2.45) is 0 Å². The van der Waals surface area contributed by atoms with Crippen LogP contribution in [-0.2, 0) is 33.4 Å². The Labute approximate surface area is 231 Å². The number of carbonyl (C=O) groups is 1. The van der Waals surface area contributed by atoms with E-state index in [-0.39, 0.29) is 27.9 Å². The number of hydrogen-bond donors (Lipinski definition) is 3. The molecule has 0 aliphatic heterocycles. The van der Waals surface area contributed by atoms with Crippen molar-refractivity contribution in [2.45, 2.75) is 23.9 Å². The summed E-state index contributed by atoms with van der Waals surface area (Å²) in [5, 5.41) is 14.6. The van der Waals surface area contributed by atoms with E-state index in [1.54, 1.807) is 49.3 Å². The van der Waals surface area contributed by atoms with Crippen LogP contribution in [0.2, 0.25) is 10.0 Å². The van der Waals surface area contributed by atoms with E-state index >= 15 is 0 Å². The Morgan fingerprint density at radius 1 is 1.13 bits per heavy atom. The number of carboxylic acids is 1. The van der Waals surface area contributed by atoms with E-state index < -0.39 is 30.2 Å². The lowest BCUT2D eigenvalue weighted by atomic mass is 10.1. The maximum absolute atomic E-state index is 13.3. The second-order valence-corrected chi connectivity index (χ2v) is 13.0. The number of aliphatic carboxylic acids is 1. The summed E-state index contributed by atoms with van der Waals surface area (Å²) in [6.07, 6.45) is 1.65. The molecule has 3 aromatic carbocycles. The fourth-order valence-corrected chi connectivity index (χ4v) is 6.04. The standard InChI is InChI=1S/C27H22Cl2NO6PS/c1-37(33,20-6-5-19-7-9-36-26(19)15-20)10-8-18-12-23(28)22(24(29)13-18)16-30-25(27(31)32)14-17-3-2-4-21(11-17)38(34)35/h2-7,9,11-13,15,25,30H,14,16H2,1H3,(H,31,32)(H,34,35)/t25-,37?/m0/s1. The maximum atomic E-state index is 13.3. The summed E-state index contributed by atoms with van der Waals surface area (Å²) in [5.74, 6) is 1.80. The monoisotopic (exact) mass is 589 g/mol. The number of halogens is 2. The lowest BCUT2D eigenvalue weighted by Crippen LogP contribution is -2.38. The minimum Gasteiger partial charge on any atom is -0.480 e. The molecule has 38 heavy (non-hydrogen) atoms. The summed E-state index contributed by atoms with van der Waals surface area (Å²) >= 11 is 10.7. The molecule has 0 bridgehead atoms. The van der Waals surface area contributed by atoms with Gasteiger partial charge in [0, 0.05) is 45.1 Å². The van der Waals surface area contributed by atoms with Crippen LogP contribution in [0.3, 0.4) is 0 Å². The molecule has 11 heteroatoms. The average molecular weight is 590 g/mol. The van der Waals surface area contributed by atoms with Crippen LogP contribution in [0.5, 0.6) is 0 Å². The highest BCUT2D eigenvalue weighted by molar-refractivity contribution is 7.79. The Bertz CT molecular complexity index is 1640. The zero-order valence-electron chi connectivity index (χ0n) is 20.0. The van der Waals surface area contributed by atoms with Gasteiger partial charge in [0.25, 0.3) is 0 Å². The summed E-state index contributed by atoms with van der Waals surface area (Å²) in [6.45, 7) is 1.63. The van der Waals surface area contributed by atoms with Gasteiger partial charge in [-0.2, -0.15) is 0 Å². The summed E-state index contributed by atoms with van der Waals surface area (Å²) < 4.78 is 39.3. The third-order valence-electron chi connectivity index (χ3n) is 5.85. The molecule has 0 aliphatic rings. The fourth-order valence-electron chi connectivity index (χ4n) is 3.78. The quantitative estimate of drug-likeness (QED) is 0.136. The summed E-state index contributed by atoms with van der Waals surface area (Å²) in [7, 11) is -3.03. The van der Waals surface area contributed by atoms with Crippen molar-refractivity contribution in [1.29, 1.82) is 0 Å². The van der Waals surface area contributed by atoms with Gasteiger partial charge in [-0.25, -0.2) is 4.21 Å². The fraction of sp³-hybridized carbons (Fsp3) is 0.148. The Kier molecular flexibility index (Phi) is 8.79. The van der Waals surface area contributed by atoms with Gasteiger partial charge in [-0.3, -0.25) is 10.1 Å². The molecule has 7 nitrogen and oxygen atoms in total. The molecular weight excluding hydrogens is 568 g/mol. The Hall–Kier alpha value is -2.89. The first-order chi connectivity index (χ1) is 18.0. The highest BCUT2D eigenvalue weighted by Crippen LogP contribution is 2.39. The van der Waals surface area contributed by atoms with Gasteiger partial charge in [-0.05, 0) is 60.1 Å². The molecule has 0 radical (unpaired) electrons. The van der Waals surface area contributed by atoms with Crippen LogP contribution in [0.1, 0.15) is 16.7 Å². The largest absolute Gasteiger partial charge is 0.480 e. The van der Waals surface area contributed by atoms with Gasteiger partial charge in [0.2, 0.25) is 0 Å². The molecule has 1 heterocycles. The highest BCUT2D eigenvalue weighted by Gasteiger charge is 2.20. The number of carboxylic acid groups (broad SMARTS) is 1. The zero-order chi connectivity index (χ0) is 27.4. The number of furan rings is 1. The molecule has 4 rings (SSSR count). The number of benzene rings is 3. The Morgan fingerprint density at radius 3 is 2.55 bits per heavy atom. The van der Waals surface area contributed by atoms with Gasteiger partial charge >= 0.3 is 5.97 Å². The molecule has 0 spiro atoms. The van der Waals surface area contributed by atoms with Crippen molar-refractivity contribution in [1.82, 2.24) is 5.32 Å². The number of hydrogen-bond acceptors (Lipinski definition) is 5. The second kappa shape index (κ2) is 11.9. The third-order valence-corrected chi connectivity index (χ3v) is 8.98. The molecular formula is C27H22Cl2NO6PS. The maximum Gasteiger partial charge on any atom is 0.321 e. The van der Waals surface area contributed by atoms with Crippen molar-refractivity contribution in [3.8, 4) is 11.6 Å². The van der Waals surface area contributed by atoms with Crippen LogP contribution in [-0.4, -0.2) is 32.5 Å². The lowest BCUT2D eigenvalue weighted by molar-refractivity contribution is -0.139. The van der Waals surface area contributed by atoms with Crippen LogP contribution in [0.4, 0.5) is 0 Å². The van der Waals surface area contributed by atoms with Gasteiger partial charge in [0.1, 0.15) is 11.6 Å². The van der Waals surface area contributed by atoms with Gasteiger partial charge in [-0.1, -0.05) is 47.3 Å². The van der Waals surface area contributed by atoms with Gasteiger partial charge in [-0.15, -0.1) is 0 Å². The van der Waals surface area contributed by atoms with Crippen molar-refractivity contribution >= 4 is 63.7 Å². The van der Waals surface area contributed by atoms with E-state index in [1.807, 2.05) is 12.1 Å². The predicted octanol–water partition coefficient (Wildman–Crippen LogP) is 5.73. The van der Waals surface area contributed by atoms with Crippen molar-refractivity contribution < 1.29 is 27.6 Å². The van der Waals surface area contributed by atoms with Crippen LogP contribution < -0.4 is 10.6 Å². The average Bonchev–Trinajstić information content (AvgIpc) is 3.34. The molecule has 3 atom stereocenters. The topological polar surface area (TPSA) is 117 Å². The summed E-state index contributed by atoms with van der Waals surface area (Å²) in [4.78, 5) is 12.0. The summed E-state index contributed by atoms with van der Waals surface area (Å²) in [5.41, 5.74) is 5.01. The number of nitrogens with one attached hydrogen (secondary N) is 1. The number of rotatable bonds is 8. The molecule has 4 aromatic rings. The van der Waals surface area contributed by atoms with E-state index in [9.17, 15) is 23.2 Å². The van der Waals surface area contributed by atoms with E-state index in [0.29, 0.717) is 27.6 Å². The molecule has 0 saturated carbocycles. The molecule has 1 aromatic heterocycles. The van der Waals surface area contributed by atoms with E-state index in [0.717, 1.165) is 5.39 Å². The first-order valence-electron chi connectivity index (χ1n) is 11.3. The van der Waals surface area contributed by atoms with E-state index in [4.69, 9.17) is 27.6 Å². The minimum atomic E-state index is -3.03. The van der Waals surface area contributed by atoms with Crippen LogP contribution >= 0.6 is 30.3 Å². The molecule has 196 valence electrons. The zero-order valence-corrected chi connectivity index (χ0v) is 23.2. The Morgan fingerprint density at radius 2 is 1.87 bits per heavy atom. The van der Waals surface area contributed by atoms with Crippen LogP contribution in [0, 0.1) is 11.6 Å². The predicted molar refractivity (Wildman–Crippen MR) is 150 cm³/mol. The van der Waals surface area contributed by atoms with Crippen molar-refractivity contribution in [3.63, 3.8) is 0 Å². The molecule has 0 fully saturated rings. The van der Waals surface area contributed by atoms with E-state index in [1.165, 1.54) is 12.1 Å². The smallest absolute Gasteiger partial charge is 0.321 e. The van der Waals surface area contributed by atoms with Crippen molar-refractivity contribution in [3.05, 3.63) is 93.7 Å². The van der Waals surface area contributed by atoms with Gasteiger partial charge < -0.3 is 18.6 Å².